The minimum absolute atomic E-state index is 0.148. The lowest BCUT2D eigenvalue weighted by Crippen LogP contribution is -2.12. The minimum atomic E-state index is -0.783. The number of hydrogen-bond donors (Lipinski definition) is 2. The van der Waals surface area contributed by atoms with Gasteiger partial charge < -0.3 is 10.5 Å². The third kappa shape index (κ3) is 1.77. The molecule has 0 bridgehead atoms. The van der Waals surface area contributed by atoms with Gasteiger partial charge in [-0.3, -0.25) is 5.10 Å². The van der Waals surface area contributed by atoms with Gasteiger partial charge in [-0.1, -0.05) is 0 Å². The molecule has 54 valence electrons. The van der Waals surface area contributed by atoms with Gasteiger partial charge in [0, 0.05) is 6.20 Å². The number of nitrogens with one attached hydrogen (secondary N) is 1. The van der Waals surface area contributed by atoms with E-state index < -0.39 is 6.09 Å². The summed E-state index contributed by atoms with van der Waals surface area (Å²) >= 11 is 0. The smallest absolute Gasteiger partial charge is 0.404 e. The molecule has 0 aliphatic heterocycles. The van der Waals surface area contributed by atoms with Crippen molar-refractivity contribution in [2.45, 2.75) is 6.61 Å². The molecule has 1 amide bonds. The molecule has 1 aromatic heterocycles. The quantitative estimate of drug-likeness (QED) is 0.608. The Labute approximate surface area is 57.2 Å². The lowest BCUT2D eigenvalue weighted by Gasteiger charge is -1.95. The van der Waals surface area contributed by atoms with Crippen molar-refractivity contribution < 1.29 is 9.53 Å². The number of H-pyrrole nitrogens is 1. The van der Waals surface area contributed by atoms with Crippen molar-refractivity contribution in [1.29, 1.82) is 0 Å². The van der Waals surface area contributed by atoms with Crippen LogP contribution in [0.4, 0.5) is 4.79 Å². The van der Waals surface area contributed by atoms with Gasteiger partial charge in [-0.2, -0.15) is 5.10 Å². The van der Waals surface area contributed by atoms with E-state index in [0.717, 1.165) is 5.69 Å². The van der Waals surface area contributed by atoms with Crippen LogP contribution in [0.1, 0.15) is 5.69 Å². The largest absolute Gasteiger partial charge is 0.443 e. The van der Waals surface area contributed by atoms with Crippen molar-refractivity contribution in [3.05, 3.63) is 18.0 Å². The van der Waals surface area contributed by atoms with E-state index in [4.69, 9.17) is 5.73 Å². The van der Waals surface area contributed by atoms with Crippen LogP contribution in [0.2, 0.25) is 0 Å². The van der Waals surface area contributed by atoms with Crippen molar-refractivity contribution in [2.75, 3.05) is 0 Å². The molecule has 10 heavy (non-hydrogen) atoms. The van der Waals surface area contributed by atoms with Gasteiger partial charge in [0.15, 0.2) is 0 Å². The second-order valence-electron chi connectivity index (χ2n) is 1.69. The van der Waals surface area contributed by atoms with E-state index in [2.05, 4.69) is 14.9 Å². The molecule has 0 aliphatic rings. The van der Waals surface area contributed by atoms with Gasteiger partial charge in [0.2, 0.25) is 0 Å². The molecule has 0 saturated heterocycles. The lowest BCUT2D eigenvalue weighted by atomic mass is 10.5. The van der Waals surface area contributed by atoms with E-state index in [-0.39, 0.29) is 6.61 Å². The zero-order valence-electron chi connectivity index (χ0n) is 5.20. The first-order valence-corrected chi connectivity index (χ1v) is 2.69. The summed E-state index contributed by atoms with van der Waals surface area (Å²) in [5, 5.41) is 6.25. The number of amides is 1. The molecule has 5 heteroatoms. The van der Waals surface area contributed by atoms with Gasteiger partial charge in [0.05, 0.1) is 5.69 Å². The predicted molar refractivity (Wildman–Crippen MR) is 33.0 cm³/mol. The Morgan fingerprint density at radius 3 is 3.20 bits per heavy atom. The molecular formula is C5H7N3O2. The fourth-order valence-electron chi connectivity index (χ4n) is 0.514. The molecule has 0 fully saturated rings. The summed E-state index contributed by atoms with van der Waals surface area (Å²) in [7, 11) is 0. The molecule has 5 nitrogen and oxygen atoms in total. The van der Waals surface area contributed by atoms with Gasteiger partial charge >= 0.3 is 6.09 Å². The molecule has 0 saturated carbocycles. The molecule has 1 heterocycles. The van der Waals surface area contributed by atoms with E-state index in [9.17, 15) is 4.79 Å². The highest BCUT2D eigenvalue weighted by molar-refractivity contribution is 5.64. The first-order chi connectivity index (χ1) is 4.79. The van der Waals surface area contributed by atoms with Gasteiger partial charge in [-0.15, -0.1) is 0 Å². The Hall–Kier alpha value is -1.52. The number of hydrogen-bond acceptors (Lipinski definition) is 3. The van der Waals surface area contributed by atoms with Crippen LogP contribution < -0.4 is 5.73 Å². The van der Waals surface area contributed by atoms with Gasteiger partial charge in [0.1, 0.15) is 6.61 Å². The summed E-state index contributed by atoms with van der Waals surface area (Å²) in [6.45, 7) is 0.148. The Kier molecular flexibility index (Phi) is 1.89. The van der Waals surface area contributed by atoms with Gasteiger partial charge in [0.25, 0.3) is 0 Å². The van der Waals surface area contributed by atoms with Crippen LogP contribution in [0.15, 0.2) is 12.3 Å². The van der Waals surface area contributed by atoms with Crippen molar-refractivity contribution in [3.63, 3.8) is 0 Å². The molecule has 0 aromatic carbocycles. The maximum Gasteiger partial charge on any atom is 0.404 e. The van der Waals surface area contributed by atoms with E-state index in [1.54, 1.807) is 12.3 Å². The fraction of sp³-hybridized carbons (Fsp3) is 0.200. The monoisotopic (exact) mass is 141 g/mol. The molecule has 0 spiro atoms. The normalized spacial score (nSPS) is 9.20. The Morgan fingerprint density at radius 2 is 2.70 bits per heavy atom. The summed E-state index contributed by atoms with van der Waals surface area (Å²) in [4.78, 5) is 10.1. The first-order valence-electron chi connectivity index (χ1n) is 2.69. The first kappa shape index (κ1) is 6.60. The molecule has 1 aromatic rings. The summed E-state index contributed by atoms with van der Waals surface area (Å²) in [5.74, 6) is 0. The number of carbonyl (C=O) groups is 1. The number of rotatable bonds is 2. The number of primary amides is 1. The van der Waals surface area contributed by atoms with E-state index in [1.807, 2.05) is 0 Å². The average Bonchev–Trinajstić information content (AvgIpc) is 2.34. The van der Waals surface area contributed by atoms with Gasteiger partial charge in [-0.05, 0) is 6.07 Å². The molecule has 0 atom stereocenters. The molecule has 0 aliphatic carbocycles. The maximum absolute atomic E-state index is 10.1. The third-order valence-electron chi connectivity index (χ3n) is 0.928. The third-order valence-corrected chi connectivity index (χ3v) is 0.928. The van der Waals surface area contributed by atoms with E-state index >= 15 is 0 Å². The minimum Gasteiger partial charge on any atom is -0.443 e. The molecule has 3 N–H and O–H groups in total. The standard InChI is InChI=1S/C5H7N3O2/c6-5(9)10-3-4-1-2-7-8-4/h1-2H,3H2,(H2,6,9)(H,7,8). The number of ether oxygens (including phenoxy) is 1. The van der Waals surface area contributed by atoms with E-state index in [1.165, 1.54) is 0 Å². The second-order valence-corrected chi connectivity index (χ2v) is 1.69. The average molecular weight is 141 g/mol. The number of nitrogens with zero attached hydrogens (tertiary/aromatic N) is 1. The molecular weight excluding hydrogens is 134 g/mol. The number of carbonyl (C=O) groups excluding carboxylic acids is 1. The Balaban J connectivity index is 2.35. The highest BCUT2D eigenvalue weighted by Gasteiger charge is 1.95. The second kappa shape index (κ2) is 2.86. The van der Waals surface area contributed by atoms with Crippen molar-refractivity contribution in [1.82, 2.24) is 10.2 Å². The van der Waals surface area contributed by atoms with Crippen LogP contribution in [0.5, 0.6) is 0 Å². The number of aromatic amines is 1. The van der Waals surface area contributed by atoms with Crippen LogP contribution in [-0.4, -0.2) is 16.3 Å². The van der Waals surface area contributed by atoms with E-state index in [0.29, 0.717) is 0 Å². The van der Waals surface area contributed by atoms with Crippen LogP contribution in [0.25, 0.3) is 0 Å². The lowest BCUT2D eigenvalue weighted by molar-refractivity contribution is 0.149. The Morgan fingerprint density at radius 1 is 1.90 bits per heavy atom. The Bertz CT molecular complexity index is 207. The zero-order valence-corrected chi connectivity index (χ0v) is 5.20. The molecule has 0 unspecified atom stereocenters. The highest BCUT2D eigenvalue weighted by atomic mass is 16.5. The molecule has 1 rings (SSSR count). The van der Waals surface area contributed by atoms with Crippen molar-refractivity contribution in [3.8, 4) is 0 Å². The van der Waals surface area contributed by atoms with Gasteiger partial charge in [-0.25, -0.2) is 4.79 Å². The van der Waals surface area contributed by atoms with Crippen LogP contribution in [0, 0.1) is 0 Å². The molecule has 0 radical (unpaired) electrons. The summed E-state index contributed by atoms with van der Waals surface area (Å²) in [6, 6.07) is 1.70. The summed E-state index contributed by atoms with van der Waals surface area (Å²) < 4.78 is 4.45. The van der Waals surface area contributed by atoms with Crippen molar-refractivity contribution in [2.24, 2.45) is 5.73 Å². The zero-order chi connectivity index (χ0) is 7.40. The summed E-state index contributed by atoms with van der Waals surface area (Å²) in [5.41, 5.74) is 5.43. The van der Waals surface area contributed by atoms with Crippen LogP contribution >= 0.6 is 0 Å². The topological polar surface area (TPSA) is 81.0 Å². The highest BCUT2D eigenvalue weighted by Crippen LogP contribution is 1.93. The fourth-order valence-corrected chi connectivity index (χ4v) is 0.514. The maximum atomic E-state index is 10.1. The number of aromatic nitrogens is 2. The predicted octanol–water partition coefficient (Wildman–Crippen LogP) is 0.00500. The SMILES string of the molecule is NC(=O)OCc1ccn[nH]1. The number of nitrogens with two attached hydrogens (primary N) is 1. The summed E-state index contributed by atoms with van der Waals surface area (Å²) in [6.07, 6.45) is 0.786. The van der Waals surface area contributed by atoms with Crippen LogP contribution in [-0.2, 0) is 11.3 Å². The van der Waals surface area contributed by atoms with Crippen LogP contribution in [0.3, 0.4) is 0 Å². The van der Waals surface area contributed by atoms with Crippen molar-refractivity contribution >= 4 is 6.09 Å².